The standard InChI is InChI=1S/C9H4F9NO4S2.CH4O/c10-7(11,12)4-1-5(8(13,14)15)3-6(2-4)24(20,21)19-25(22,23)9(16,17)18;1-2/h1-3,19H;2H,1H3. The van der Waals surface area contributed by atoms with Crippen molar-refractivity contribution < 1.29 is 61.5 Å². The second-order valence-corrected chi connectivity index (χ2v) is 7.89. The van der Waals surface area contributed by atoms with E-state index in [1.165, 1.54) is 0 Å². The van der Waals surface area contributed by atoms with E-state index in [9.17, 15) is 56.3 Å². The first kappa shape index (κ1) is 25.4. The molecule has 0 aliphatic rings. The molecule has 0 unspecified atom stereocenters. The topological polar surface area (TPSA) is 101 Å². The number of nitrogens with one attached hydrogen (secondary N) is 1. The zero-order valence-electron chi connectivity index (χ0n) is 12.5. The van der Waals surface area contributed by atoms with E-state index in [0.29, 0.717) is 0 Å². The summed E-state index contributed by atoms with van der Waals surface area (Å²) in [6.45, 7) is 0. The maximum Gasteiger partial charge on any atom is 0.512 e. The third kappa shape index (κ3) is 6.51. The third-order valence-corrected chi connectivity index (χ3v) is 5.62. The van der Waals surface area contributed by atoms with Gasteiger partial charge in [0.1, 0.15) is 0 Å². The number of benzene rings is 1. The van der Waals surface area contributed by atoms with Crippen molar-refractivity contribution in [2.75, 3.05) is 7.11 Å². The van der Waals surface area contributed by atoms with E-state index in [4.69, 9.17) is 5.11 Å². The van der Waals surface area contributed by atoms with Crippen molar-refractivity contribution in [2.45, 2.75) is 22.8 Å². The number of sulfonamides is 2. The fourth-order valence-electron chi connectivity index (χ4n) is 1.32. The molecule has 0 radical (unpaired) electrons. The van der Waals surface area contributed by atoms with Gasteiger partial charge in [-0.3, -0.25) is 0 Å². The van der Waals surface area contributed by atoms with Crippen molar-refractivity contribution in [1.29, 1.82) is 0 Å². The molecule has 0 saturated heterocycles. The van der Waals surface area contributed by atoms with Gasteiger partial charge in [-0.25, -0.2) is 16.8 Å². The Morgan fingerprint density at radius 3 is 1.33 bits per heavy atom. The molecule has 0 fully saturated rings. The fraction of sp³-hybridized carbons (Fsp3) is 0.400. The van der Waals surface area contributed by atoms with Crippen molar-refractivity contribution in [2.24, 2.45) is 0 Å². The summed E-state index contributed by atoms with van der Waals surface area (Å²) in [7, 11) is -11.5. The van der Waals surface area contributed by atoms with Crippen LogP contribution in [0.2, 0.25) is 0 Å². The monoisotopic (exact) mass is 457 g/mol. The highest BCUT2D eigenvalue weighted by Gasteiger charge is 2.49. The molecule has 0 aromatic heterocycles. The van der Waals surface area contributed by atoms with Gasteiger partial charge in [0.25, 0.3) is 10.0 Å². The number of hydrogen-bond acceptors (Lipinski definition) is 5. The predicted molar refractivity (Wildman–Crippen MR) is 69.9 cm³/mol. The molecule has 27 heavy (non-hydrogen) atoms. The second-order valence-electron chi connectivity index (χ2n) is 4.28. The Hall–Kier alpha value is -1.59. The molecular formula is C10H8F9NO5S2. The van der Waals surface area contributed by atoms with E-state index in [0.717, 1.165) is 7.11 Å². The molecule has 1 rings (SSSR count). The first-order valence-electron chi connectivity index (χ1n) is 5.86. The third-order valence-electron chi connectivity index (χ3n) is 2.40. The maximum atomic E-state index is 12.6. The van der Waals surface area contributed by atoms with E-state index in [1.54, 1.807) is 0 Å². The summed E-state index contributed by atoms with van der Waals surface area (Å²) in [6, 6.07) is -1.37. The maximum absolute atomic E-state index is 12.6. The number of aliphatic hydroxyl groups is 1. The number of hydrogen-bond donors (Lipinski definition) is 2. The lowest BCUT2D eigenvalue weighted by molar-refractivity contribution is -0.143. The van der Waals surface area contributed by atoms with Gasteiger partial charge in [0.2, 0.25) is 0 Å². The largest absolute Gasteiger partial charge is 0.512 e. The zero-order chi connectivity index (χ0) is 22.1. The average Bonchev–Trinajstić information content (AvgIpc) is 2.45. The van der Waals surface area contributed by atoms with Crippen molar-refractivity contribution in [3.05, 3.63) is 29.3 Å². The smallest absolute Gasteiger partial charge is 0.400 e. The minimum absolute atomic E-state index is 0.0309. The summed E-state index contributed by atoms with van der Waals surface area (Å²) < 4.78 is 156. The summed E-state index contributed by atoms with van der Waals surface area (Å²) >= 11 is 0. The Morgan fingerprint density at radius 2 is 1.07 bits per heavy atom. The van der Waals surface area contributed by atoms with Crippen molar-refractivity contribution in [1.82, 2.24) is 4.13 Å². The molecular weight excluding hydrogens is 449 g/mol. The predicted octanol–water partition coefficient (Wildman–Crippen LogP) is 2.46. The molecule has 0 amide bonds. The van der Waals surface area contributed by atoms with Gasteiger partial charge in [-0.1, -0.05) is 4.13 Å². The SMILES string of the molecule is CO.O=S(=O)(NS(=O)(=O)C(F)(F)F)c1cc(C(F)(F)F)cc(C(F)(F)F)c1. The summed E-state index contributed by atoms with van der Waals surface area (Å²) in [5.74, 6) is 0. The highest BCUT2D eigenvalue weighted by Crippen LogP contribution is 2.37. The summed E-state index contributed by atoms with van der Waals surface area (Å²) in [6.07, 6.45) is -11.0. The average molecular weight is 457 g/mol. The summed E-state index contributed by atoms with van der Waals surface area (Å²) in [4.78, 5) is -1.97. The number of halogens is 9. The molecule has 0 atom stereocenters. The van der Waals surface area contributed by atoms with Gasteiger partial charge in [0, 0.05) is 7.11 Å². The quantitative estimate of drug-likeness (QED) is 0.680. The van der Waals surface area contributed by atoms with Crippen LogP contribution in [0.3, 0.4) is 0 Å². The highest BCUT2D eigenvalue weighted by molar-refractivity contribution is 8.05. The van der Waals surface area contributed by atoms with Crippen LogP contribution in [0.25, 0.3) is 0 Å². The molecule has 0 aliphatic heterocycles. The minimum atomic E-state index is -6.60. The first-order valence-corrected chi connectivity index (χ1v) is 8.83. The Balaban J connectivity index is 0.00000326. The van der Waals surface area contributed by atoms with Gasteiger partial charge in [0.15, 0.2) is 0 Å². The molecule has 2 N–H and O–H groups in total. The summed E-state index contributed by atoms with van der Waals surface area (Å²) in [5, 5.41) is 7.00. The Morgan fingerprint density at radius 1 is 0.741 bits per heavy atom. The van der Waals surface area contributed by atoms with E-state index >= 15 is 0 Å². The Kier molecular flexibility index (Phi) is 7.34. The van der Waals surface area contributed by atoms with Crippen LogP contribution in [0.4, 0.5) is 39.5 Å². The molecule has 0 spiro atoms. The second kappa shape index (κ2) is 7.80. The Bertz CT molecular complexity index is 838. The molecule has 1 aromatic carbocycles. The molecule has 0 aliphatic carbocycles. The van der Waals surface area contributed by atoms with Crippen LogP contribution in [-0.2, 0) is 32.4 Å². The first-order chi connectivity index (χ1) is 11.8. The van der Waals surface area contributed by atoms with Gasteiger partial charge < -0.3 is 5.11 Å². The summed E-state index contributed by atoms with van der Waals surface area (Å²) in [5.41, 5.74) is -10.5. The molecule has 6 nitrogen and oxygen atoms in total. The minimum Gasteiger partial charge on any atom is -0.400 e. The number of aliphatic hydroxyl groups excluding tert-OH is 1. The van der Waals surface area contributed by atoms with Gasteiger partial charge in [-0.2, -0.15) is 39.5 Å². The van der Waals surface area contributed by atoms with Gasteiger partial charge in [0.05, 0.1) is 16.0 Å². The van der Waals surface area contributed by atoms with E-state index < -0.39 is 72.1 Å². The van der Waals surface area contributed by atoms with Crippen LogP contribution in [0.5, 0.6) is 0 Å². The Labute approximate surface area is 145 Å². The van der Waals surface area contributed by atoms with Gasteiger partial charge in [-0.15, -0.1) is 0 Å². The van der Waals surface area contributed by atoms with Crippen molar-refractivity contribution in [3.63, 3.8) is 0 Å². The lowest BCUT2D eigenvalue weighted by atomic mass is 10.1. The van der Waals surface area contributed by atoms with Crippen LogP contribution >= 0.6 is 0 Å². The van der Waals surface area contributed by atoms with E-state index in [1.807, 2.05) is 0 Å². The van der Waals surface area contributed by atoms with Crippen molar-refractivity contribution >= 4 is 20.0 Å². The van der Waals surface area contributed by atoms with E-state index in [-0.39, 0.29) is 4.13 Å². The number of rotatable bonds is 3. The van der Waals surface area contributed by atoms with Crippen LogP contribution in [0.15, 0.2) is 23.1 Å². The zero-order valence-corrected chi connectivity index (χ0v) is 14.2. The molecule has 0 heterocycles. The lowest BCUT2D eigenvalue weighted by Crippen LogP contribution is -2.40. The lowest BCUT2D eigenvalue weighted by Gasteiger charge is -2.15. The molecule has 0 bridgehead atoms. The molecule has 17 heteroatoms. The van der Waals surface area contributed by atoms with Gasteiger partial charge >= 0.3 is 27.9 Å². The fourth-order valence-corrected chi connectivity index (χ4v) is 3.80. The van der Waals surface area contributed by atoms with Gasteiger partial charge in [-0.05, 0) is 18.2 Å². The van der Waals surface area contributed by atoms with Crippen molar-refractivity contribution in [3.8, 4) is 0 Å². The molecule has 0 saturated carbocycles. The van der Waals surface area contributed by atoms with Crippen LogP contribution in [0, 0.1) is 0 Å². The van der Waals surface area contributed by atoms with Crippen LogP contribution in [-0.4, -0.2) is 34.6 Å². The number of alkyl halides is 9. The highest BCUT2D eigenvalue weighted by atomic mass is 32.3. The normalized spacial score (nSPS) is 13.7. The molecule has 1 aromatic rings. The van der Waals surface area contributed by atoms with Crippen LogP contribution < -0.4 is 4.13 Å². The molecule has 158 valence electrons. The van der Waals surface area contributed by atoms with E-state index in [2.05, 4.69) is 0 Å². The van der Waals surface area contributed by atoms with Crippen LogP contribution in [0.1, 0.15) is 11.1 Å².